The molecule has 0 aliphatic carbocycles. The van der Waals surface area contributed by atoms with E-state index in [1.807, 2.05) is 41.8 Å². The predicted molar refractivity (Wildman–Crippen MR) is 125 cm³/mol. The van der Waals surface area contributed by atoms with Gasteiger partial charge in [0.2, 0.25) is 0 Å². The van der Waals surface area contributed by atoms with Crippen molar-refractivity contribution in [3.8, 4) is 0 Å². The second-order valence-electron chi connectivity index (χ2n) is 5.95. The fourth-order valence-corrected chi connectivity index (χ4v) is 3.67. The number of rotatable bonds is 8. The molecule has 3 N–H and O–H groups in total. The second kappa shape index (κ2) is 11.5. The topological polar surface area (TPSA) is 86.8 Å². The van der Waals surface area contributed by atoms with E-state index in [4.69, 9.17) is 11.6 Å². The molecule has 0 saturated carbocycles. The Hall–Kier alpha value is -1.43. The minimum atomic E-state index is -0.652. The van der Waals surface area contributed by atoms with Gasteiger partial charge in [0, 0.05) is 30.6 Å². The van der Waals surface area contributed by atoms with Crippen LogP contribution in [0.2, 0.25) is 4.34 Å². The molecule has 0 aliphatic rings. The summed E-state index contributed by atoms with van der Waals surface area (Å²) >= 11 is 7.29. The Kier molecular flexibility index (Phi) is 9.42. The van der Waals surface area contributed by atoms with Gasteiger partial charge in [-0.05, 0) is 37.6 Å². The maximum Gasteiger partial charge on any atom is 0.191 e. The summed E-state index contributed by atoms with van der Waals surface area (Å²) in [6.07, 6.45) is 3.03. The standard InChI is InChI=1S/C18H23ClN6OS.HI/c1-2-20-18(22-12-13(26)14-8-9-15(19)27-14)21-10-5-7-17-24-23-16-6-3-4-11-25(16)17;/h3-4,6,8-9,11,13,26H,2,5,7,10,12H2,1H3,(H2,20,21,22);1H. The third kappa shape index (κ3) is 6.29. The number of guanidine groups is 1. The van der Waals surface area contributed by atoms with Crippen molar-refractivity contribution in [2.45, 2.75) is 25.9 Å². The van der Waals surface area contributed by atoms with Crippen LogP contribution in [0.3, 0.4) is 0 Å². The first kappa shape index (κ1) is 22.9. The van der Waals surface area contributed by atoms with Gasteiger partial charge in [0.15, 0.2) is 11.6 Å². The molecule has 7 nitrogen and oxygen atoms in total. The summed E-state index contributed by atoms with van der Waals surface area (Å²) in [7, 11) is 0. The molecule has 0 aromatic carbocycles. The monoisotopic (exact) mass is 534 g/mol. The molecule has 0 aliphatic heterocycles. The number of hydrogen-bond donors (Lipinski definition) is 3. The molecule has 0 bridgehead atoms. The maximum absolute atomic E-state index is 10.2. The average molecular weight is 535 g/mol. The van der Waals surface area contributed by atoms with E-state index in [0.717, 1.165) is 42.3 Å². The van der Waals surface area contributed by atoms with Gasteiger partial charge in [0.25, 0.3) is 0 Å². The third-order valence-corrected chi connectivity index (χ3v) is 5.28. The van der Waals surface area contributed by atoms with Crippen molar-refractivity contribution in [2.75, 3.05) is 19.6 Å². The molecule has 0 radical (unpaired) electrons. The van der Waals surface area contributed by atoms with E-state index >= 15 is 0 Å². The molecular weight excluding hydrogens is 511 g/mol. The zero-order chi connectivity index (χ0) is 19.1. The van der Waals surface area contributed by atoms with Gasteiger partial charge in [0.1, 0.15) is 11.9 Å². The van der Waals surface area contributed by atoms with Gasteiger partial charge in [-0.2, -0.15) is 0 Å². The number of pyridine rings is 1. The summed E-state index contributed by atoms with van der Waals surface area (Å²) in [5.41, 5.74) is 0.859. The summed E-state index contributed by atoms with van der Waals surface area (Å²) in [4.78, 5) is 5.28. The van der Waals surface area contributed by atoms with Crippen molar-refractivity contribution in [2.24, 2.45) is 4.99 Å². The molecule has 1 unspecified atom stereocenters. The lowest BCUT2D eigenvalue weighted by molar-refractivity contribution is 0.191. The van der Waals surface area contributed by atoms with Crippen molar-refractivity contribution < 1.29 is 5.11 Å². The summed E-state index contributed by atoms with van der Waals surface area (Å²) < 4.78 is 2.67. The smallest absolute Gasteiger partial charge is 0.191 e. The normalized spacial score (nSPS) is 12.6. The van der Waals surface area contributed by atoms with Gasteiger partial charge in [-0.25, -0.2) is 0 Å². The van der Waals surface area contributed by atoms with Crippen LogP contribution in [-0.2, 0) is 6.42 Å². The Bertz CT molecular complexity index is 899. The van der Waals surface area contributed by atoms with Gasteiger partial charge in [0.05, 0.1) is 10.9 Å². The van der Waals surface area contributed by atoms with Crippen LogP contribution in [-0.4, -0.2) is 45.3 Å². The molecule has 0 saturated heterocycles. The molecular formula is C18H24ClIN6OS. The molecule has 0 amide bonds. The second-order valence-corrected chi connectivity index (χ2v) is 7.70. The van der Waals surface area contributed by atoms with Crippen molar-refractivity contribution in [1.82, 2.24) is 25.2 Å². The van der Waals surface area contributed by atoms with Crippen LogP contribution in [0.4, 0.5) is 0 Å². The van der Waals surface area contributed by atoms with Crippen LogP contribution in [0.15, 0.2) is 41.5 Å². The first-order valence-corrected chi connectivity index (χ1v) is 10.1. The molecule has 3 aromatic heterocycles. The molecule has 1 atom stereocenters. The van der Waals surface area contributed by atoms with E-state index in [0.29, 0.717) is 10.3 Å². The maximum atomic E-state index is 10.2. The molecule has 0 fully saturated rings. The van der Waals surface area contributed by atoms with E-state index in [9.17, 15) is 5.11 Å². The Morgan fingerprint density at radius 2 is 2.14 bits per heavy atom. The molecule has 10 heteroatoms. The molecule has 3 heterocycles. The molecule has 152 valence electrons. The van der Waals surface area contributed by atoms with Gasteiger partial charge >= 0.3 is 0 Å². The van der Waals surface area contributed by atoms with Crippen molar-refractivity contribution in [3.05, 3.63) is 51.6 Å². The fourth-order valence-electron chi connectivity index (χ4n) is 2.63. The number of hydrogen-bond acceptors (Lipinski definition) is 5. The van der Waals surface area contributed by atoms with Gasteiger partial charge in [-0.1, -0.05) is 17.7 Å². The van der Waals surface area contributed by atoms with Gasteiger partial charge in [-0.3, -0.25) is 9.39 Å². The van der Waals surface area contributed by atoms with Crippen LogP contribution in [0.5, 0.6) is 0 Å². The number of aryl methyl sites for hydroxylation is 1. The first-order valence-electron chi connectivity index (χ1n) is 8.91. The first-order chi connectivity index (χ1) is 13.2. The predicted octanol–water partition coefficient (Wildman–Crippen LogP) is 3.28. The van der Waals surface area contributed by atoms with Crippen molar-refractivity contribution in [3.63, 3.8) is 0 Å². The summed E-state index contributed by atoms with van der Waals surface area (Å²) in [6.45, 7) is 3.78. The summed E-state index contributed by atoms with van der Waals surface area (Å²) in [5, 5.41) is 25.1. The highest BCUT2D eigenvalue weighted by Crippen LogP contribution is 2.26. The average Bonchev–Trinajstić information content (AvgIpc) is 3.29. The number of nitrogens with one attached hydrogen (secondary N) is 2. The minimum absolute atomic E-state index is 0. The number of halogens is 2. The largest absolute Gasteiger partial charge is 0.386 e. The van der Waals surface area contributed by atoms with Gasteiger partial charge < -0.3 is 15.7 Å². The van der Waals surface area contributed by atoms with Crippen LogP contribution < -0.4 is 10.6 Å². The lowest BCUT2D eigenvalue weighted by atomic mass is 10.3. The fraction of sp³-hybridized carbons (Fsp3) is 0.389. The number of thiophene rings is 1. The number of aromatic nitrogens is 3. The number of aliphatic hydroxyl groups is 1. The quantitative estimate of drug-likeness (QED) is 0.179. The highest BCUT2D eigenvalue weighted by molar-refractivity contribution is 14.0. The summed E-state index contributed by atoms with van der Waals surface area (Å²) in [5.74, 6) is 1.63. The van der Waals surface area contributed by atoms with Crippen LogP contribution >= 0.6 is 46.9 Å². The lowest BCUT2D eigenvalue weighted by Crippen LogP contribution is -2.38. The van der Waals surface area contributed by atoms with Gasteiger partial charge in [-0.15, -0.1) is 45.5 Å². The Labute approximate surface area is 190 Å². The van der Waals surface area contributed by atoms with Crippen LogP contribution in [0.25, 0.3) is 5.65 Å². The van der Waals surface area contributed by atoms with E-state index in [1.54, 1.807) is 6.07 Å². The Morgan fingerprint density at radius 3 is 2.89 bits per heavy atom. The van der Waals surface area contributed by atoms with E-state index < -0.39 is 6.10 Å². The summed E-state index contributed by atoms with van der Waals surface area (Å²) in [6, 6.07) is 9.48. The molecule has 0 spiro atoms. The van der Waals surface area contributed by atoms with Crippen LogP contribution in [0.1, 0.15) is 30.2 Å². The van der Waals surface area contributed by atoms with E-state index in [2.05, 4.69) is 25.8 Å². The zero-order valence-corrected chi connectivity index (χ0v) is 19.4. The van der Waals surface area contributed by atoms with E-state index in [1.165, 1.54) is 11.3 Å². The highest BCUT2D eigenvalue weighted by atomic mass is 127. The lowest BCUT2D eigenvalue weighted by Gasteiger charge is -2.12. The molecule has 28 heavy (non-hydrogen) atoms. The number of aliphatic imine (C=N–C) groups is 1. The molecule has 3 aromatic rings. The van der Waals surface area contributed by atoms with Crippen LogP contribution in [0, 0.1) is 0 Å². The Morgan fingerprint density at radius 1 is 1.29 bits per heavy atom. The SMILES string of the molecule is CCNC(=NCC(O)c1ccc(Cl)s1)NCCCc1nnc2ccccn12.I. The highest BCUT2D eigenvalue weighted by Gasteiger charge is 2.10. The van der Waals surface area contributed by atoms with Crippen molar-refractivity contribution >= 4 is 58.5 Å². The van der Waals surface area contributed by atoms with E-state index in [-0.39, 0.29) is 30.5 Å². The minimum Gasteiger partial charge on any atom is -0.386 e. The zero-order valence-electron chi connectivity index (χ0n) is 15.5. The Balaban J connectivity index is 0.00000280. The number of nitrogens with zero attached hydrogens (tertiary/aromatic N) is 4. The van der Waals surface area contributed by atoms with Crippen molar-refractivity contribution in [1.29, 1.82) is 0 Å². The number of aliphatic hydroxyl groups excluding tert-OH is 1. The molecule has 3 rings (SSSR count). The third-order valence-electron chi connectivity index (χ3n) is 3.94. The number of fused-ring (bicyclic) bond motifs is 1.